The Morgan fingerprint density at radius 1 is 1.50 bits per heavy atom. The number of benzene rings is 1. The maximum atomic E-state index is 9.04. The van der Waals surface area contributed by atoms with Gasteiger partial charge in [-0.2, -0.15) is 10.4 Å². The minimum Gasteiger partial charge on any atom is -0.263 e. The normalized spacial score (nSPS) is 10.9. The fourth-order valence-corrected chi connectivity index (χ4v) is 2.37. The van der Waals surface area contributed by atoms with E-state index >= 15 is 0 Å². The number of halogens is 1. The second-order valence-corrected chi connectivity index (χ2v) is 4.93. The van der Waals surface area contributed by atoms with Crippen LogP contribution in [-0.4, -0.2) is 9.78 Å². The van der Waals surface area contributed by atoms with Crippen LogP contribution in [0.5, 0.6) is 0 Å². The van der Waals surface area contributed by atoms with Gasteiger partial charge in [0.15, 0.2) is 0 Å². The van der Waals surface area contributed by atoms with Crippen LogP contribution in [-0.2, 0) is 6.54 Å². The molecule has 0 saturated carbocycles. The highest BCUT2D eigenvalue weighted by Gasteiger charge is 2.12. The maximum absolute atomic E-state index is 9.04. The zero-order valence-corrected chi connectivity index (χ0v) is 10.8. The van der Waals surface area contributed by atoms with Gasteiger partial charge in [0.05, 0.1) is 22.5 Å². The molecule has 0 N–H and O–H groups in total. The van der Waals surface area contributed by atoms with Gasteiger partial charge in [-0.3, -0.25) is 4.68 Å². The van der Waals surface area contributed by atoms with E-state index < -0.39 is 0 Å². The molecule has 0 aliphatic heterocycles. The molecule has 1 aromatic carbocycles. The number of nitrogens with zero attached hydrogens (tertiary/aromatic N) is 3. The molecule has 3 nitrogen and oxygen atoms in total. The van der Waals surface area contributed by atoms with Crippen molar-refractivity contribution < 1.29 is 0 Å². The summed E-state index contributed by atoms with van der Waals surface area (Å²) < 4.78 is 2.70. The molecule has 0 unspecified atom stereocenters. The molecule has 1 heterocycles. The molecule has 0 spiro atoms. The van der Waals surface area contributed by atoms with E-state index in [9.17, 15) is 0 Å². The molecule has 0 bridgehead atoms. The summed E-state index contributed by atoms with van der Waals surface area (Å²) in [4.78, 5) is 0. The number of fused-ring (bicyclic) bond motifs is 1. The van der Waals surface area contributed by atoms with Crippen LogP contribution in [0.2, 0.25) is 0 Å². The summed E-state index contributed by atoms with van der Waals surface area (Å²) >= 11 is 3.42. The molecule has 0 atom stereocenters. The van der Waals surface area contributed by atoms with Gasteiger partial charge in [0.2, 0.25) is 0 Å². The lowest BCUT2D eigenvalue weighted by atomic mass is 10.1. The van der Waals surface area contributed by atoms with Gasteiger partial charge < -0.3 is 0 Å². The van der Waals surface area contributed by atoms with Crippen molar-refractivity contribution in [3.05, 3.63) is 28.4 Å². The zero-order valence-electron chi connectivity index (χ0n) is 9.24. The van der Waals surface area contributed by atoms with E-state index in [0.717, 1.165) is 22.1 Å². The van der Waals surface area contributed by atoms with Crippen molar-refractivity contribution in [2.75, 3.05) is 0 Å². The fraction of sp³-hybridized carbons (Fsp3) is 0.333. The Labute approximate surface area is 103 Å². The Morgan fingerprint density at radius 3 is 2.88 bits per heavy atom. The van der Waals surface area contributed by atoms with Gasteiger partial charge in [0.25, 0.3) is 0 Å². The molecule has 4 heteroatoms. The van der Waals surface area contributed by atoms with Crippen LogP contribution in [0.3, 0.4) is 0 Å². The maximum Gasteiger partial charge on any atom is 0.137 e. The molecule has 1 aromatic heterocycles. The first-order chi connectivity index (χ1) is 7.63. The summed E-state index contributed by atoms with van der Waals surface area (Å²) in [7, 11) is 0. The first-order valence-electron chi connectivity index (χ1n) is 5.18. The highest BCUT2D eigenvalue weighted by molar-refractivity contribution is 9.10. The predicted octanol–water partition coefficient (Wildman–Crippen LogP) is 3.33. The monoisotopic (exact) mass is 277 g/mol. The average Bonchev–Trinajstić information content (AvgIpc) is 2.55. The summed E-state index contributed by atoms with van der Waals surface area (Å²) in [6.07, 6.45) is 0. The zero-order chi connectivity index (χ0) is 11.7. The van der Waals surface area contributed by atoms with Crippen molar-refractivity contribution >= 4 is 26.8 Å². The topological polar surface area (TPSA) is 41.6 Å². The van der Waals surface area contributed by atoms with Crippen molar-refractivity contribution in [1.29, 1.82) is 5.26 Å². The Bertz CT molecular complexity index is 563. The second kappa shape index (κ2) is 4.26. The summed E-state index contributed by atoms with van der Waals surface area (Å²) in [5.74, 6) is 0.528. The van der Waals surface area contributed by atoms with Gasteiger partial charge in [-0.15, -0.1) is 0 Å². The Balaban J connectivity index is 2.68. The molecule has 2 aromatic rings. The van der Waals surface area contributed by atoms with Crippen molar-refractivity contribution in [3.8, 4) is 6.07 Å². The summed E-state index contributed by atoms with van der Waals surface area (Å²) in [5, 5.41) is 14.4. The van der Waals surface area contributed by atoms with Crippen LogP contribution < -0.4 is 0 Å². The minimum atomic E-state index is 0.528. The second-order valence-electron chi connectivity index (χ2n) is 4.18. The number of hydrogen-bond acceptors (Lipinski definition) is 2. The number of aromatic nitrogens is 2. The molecule has 0 saturated heterocycles. The minimum absolute atomic E-state index is 0.528. The van der Waals surface area contributed by atoms with Crippen molar-refractivity contribution in [2.45, 2.75) is 20.4 Å². The SMILES string of the molecule is CC(C)Cn1nc(Br)c2c(C#N)cccc21. The summed E-state index contributed by atoms with van der Waals surface area (Å²) in [6.45, 7) is 5.15. The van der Waals surface area contributed by atoms with Gasteiger partial charge in [-0.1, -0.05) is 19.9 Å². The third kappa shape index (κ3) is 1.83. The largest absolute Gasteiger partial charge is 0.263 e. The molecule has 2 rings (SSSR count). The smallest absolute Gasteiger partial charge is 0.137 e. The lowest BCUT2D eigenvalue weighted by molar-refractivity contribution is 0.493. The number of rotatable bonds is 2. The van der Waals surface area contributed by atoms with Crippen molar-refractivity contribution in [3.63, 3.8) is 0 Å². The standard InChI is InChI=1S/C12H12BrN3/c1-8(2)7-16-10-5-3-4-9(6-14)11(10)12(13)15-16/h3-5,8H,7H2,1-2H3. The molecule has 0 fully saturated rings. The lowest BCUT2D eigenvalue weighted by Crippen LogP contribution is -2.05. The highest BCUT2D eigenvalue weighted by Crippen LogP contribution is 2.26. The molecule has 16 heavy (non-hydrogen) atoms. The Kier molecular flexibility index (Phi) is 2.97. The lowest BCUT2D eigenvalue weighted by Gasteiger charge is -2.05. The van der Waals surface area contributed by atoms with Gasteiger partial charge in [-0.05, 0) is 34.0 Å². The fourth-order valence-electron chi connectivity index (χ4n) is 1.76. The number of hydrogen-bond donors (Lipinski definition) is 0. The quantitative estimate of drug-likeness (QED) is 0.845. The van der Waals surface area contributed by atoms with E-state index in [1.165, 1.54) is 0 Å². The summed E-state index contributed by atoms with van der Waals surface area (Å²) in [5.41, 5.74) is 1.68. The van der Waals surface area contributed by atoms with Crippen molar-refractivity contribution in [2.24, 2.45) is 5.92 Å². The van der Waals surface area contributed by atoms with E-state index in [1.807, 2.05) is 22.9 Å². The van der Waals surface area contributed by atoms with Gasteiger partial charge in [0, 0.05) is 6.54 Å². The van der Waals surface area contributed by atoms with E-state index in [0.29, 0.717) is 11.5 Å². The van der Waals surface area contributed by atoms with Gasteiger partial charge in [0.1, 0.15) is 4.60 Å². The van der Waals surface area contributed by atoms with Crippen LogP contribution in [0, 0.1) is 17.2 Å². The first kappa shape index (κ1) is 11.2. The highest BCUT2D eigenvalue weighted by atomic mass is 79.9. The van der Waals surface area contributed by atoms with Crippen LogP contribution in [0.15, 0.2) is 22.8 Å². The number of nitriles is 1. The molecule has 0 aliphatic rings. The molecule has 0 radical (unpaired) electrons. The summed E-state index contributed by atoms with van der Waals surface area (Å²) in [6, 6.07) is 7.90. The third-order valence-corrected chi connectivity index (χ3v) is 2.95. The molecule has 82 valence electrons. The van der Waals surface area contributed by atoms with Gasteiger partial charge in [-0.25, -0.2) is 0 Å². The average molecular weight is 278 g/mol. The van der Waals surface area contributed by atoms with E-state index in [2.05, 4.69) is 40.9 Å². The Hall–Kier alpha value is -1.34. The van der Waals surface area contributed by atoms with E-state index in [4.69, 9.17) is 5.26 Å². The third-order valence-electron chi connectivity index (χ3n) is 2.39. The van der Waals surface area contributed by atoms with Gasteiger partial charge >= 0.3 is 0 Å². The molecular weight excluding hydrogens is 266 g/mol. The first-order valence-corrected chi connectivity index (χ1v) is 5.98. The van der Waals surface area contributed by atoms with Crippen LogP contribution in [0.4, 0.5) is 0 Å². The molecule has 0 aliphatic carbocycles. The van der Waals surface area contributed by atoms with E-state index in [1.54, 1.807) is 0 Å². The van der Waals surface area contributed by atoms with Crippen LogP contribution in [0.1, 0.15) is 19.4 Å². The van der Waals surface area contributed by atoms with Crippen LogP contribution >= 0.6 is 15.9 Å². The van der Waals surface area contributed by atoms with E-state index in [-0.39, 0.29) is 0 Å². The van der Waals surface area contributed by atoms with Crippen LogP contribution in [0.25, 0.3) is 10.9 Å². The molecule has 0 amide bonds. The van der Waals surface area contributed by atoms with Crippen molar-refractivity contribution in [1.82, 2.24) is 9.78 Å². The predicted molar refractivity (Wildman–Crippen MR) is 67.0 cm³/mol. The molecular formula is C12H12BrN3. The Morgan fingerprint density at radius 2 is 2.25 bits per heavy atom.